The molecule has 0 bridgehead atoms. The summed E-state index contributed by atoms with van der Waals surface area (Å²) in [5.41, 5.74) is 0. The molecule has 0 atom stereocenters. The van der Waals surface area contributed by atoms with E-state index in [4.69, 9.17) is 14.0 Å². The van der Waals surface area contributed by atoms with Crippen LogP contribution < -0.4 is 10.6 Å². The van der Waals surface area contributed by atoms with Crippen molar-refractivity contribution in [3.63, 3.8) is 0 Å². The zero-order valence-corrected chi connectivity index (χ0v) is 15.3. The van der Waals surface area contributed by atoms with Crippen LogP contribution in [0, 0.1) is 0 Å². The average molecular weight is 341 g/mol. The fourth-order valence-corrected chi connectivity index (χ4v) is 1.90. The minimum atomic E-state index is 0.294. The smallest absolute Gasteiger partial charge is 0.226 e. The van der Waals surface area contributed by atoms with E-state index in [-0.39, 0.29) is 0 Å². The first kappa shape index (κ1) is 20.4. The van der Waals surface area contributed by atoms with E-state index in [2.05, 4.69) is 39.6 Å². The number of aliphatic imine (C=N–C) groups is 1. The zero-order valence-electron chi connectivity index (χ0n) is 15.3. The Morgan fingerprint density at radius 2 is 1.92 bits per heavy atom. The van der Waals surface area contributed by atoms with Crippen LogP contribution in [0.1, 0.15) is 44.3 Å². The number of methoxy groups -OCH3 is 1. The topological polar surface area (TPSA) is 93.8 Å². The highest BCUT2D eigenvalue weighted by Crippen LogP contribution is 2.10. The summed E-state index contributed by atoms with van der Waals surface area (Å²) < 4.78 is 15.5. The van der Waals surface area contributed by atoms with E-state index in [0.717, 1.165) is 44.1 Å². The summed E-state index contributed by atoms with van der Waals surface area (Å²) in [6, 6.07) is 0. The van der Waals surface area contributed by atoms with Crippen LogP contribution >= 0.6 is 0 Å². The molecular formula is C16H31N5O3. The van der Waals surface area contributed by atoms with Crippen molar-refractivity contribution in [2.24, 2.45) is 4.99 Å². The molecular weight excluding hydrogens is 310 g/mol. The fraction of sp³-hybridized carbons (Fsp3) is 0.812. The molecule has 0 radical (unpaired) electrons. The maximum atomic E-state index is 5.41. The minimum Gasteiger partial charge on any atom is -0.382 e. The van der Waals surface area contributed by atoms with Gasteiger partial charge in [0.2, 0.25) is 5.89 Å². The lowest BCUT2D eigenvalue weighted by atomic mass is 10.2. The predicted octanol–water partition coefficient (Wildman–Crippen LogP) is 1.34. The van der Waals surface area contributed by atoms with Gasteiger partial charge in [0.05, 0.1) is 13.2 Å². The summed E-state index contributed by atoms with van der Waals surface area (Å²) in [5, 5.41) is 10.5. The van der Waals surface area contributed by atoms with Gasteiger partial charge in [-0.2, -0.15) is 4.98 Å². The van der Waals surface area contributed by atoms with Crippen molar-refractivity contribution in [3.05, 3.63) is 11.7 Å². The molecule has 8 heteroatoms. The molecule has 1 aromatic rings. The summed E-state index contributed by atoms with van der Waals surface area (Å²) in [6.07, 6.45) is 2.59. The molecule has 0 fully saturated rings. The third kappa shape index (κ3) is 8.83. The van der Waals surface area contributed by atoms with Gasteiger partial charge in [0.25, 0.3) is 0 Å². The van der Waals surface area contributed by atoms with Gasteiger partial charge < -0.3 is 24.6 Å². The molecule has 2 N–H and O–H groups in total. The van der Waals surface area contributed by atoms with E-state index in [0.29, 0.717) is 31.6 Å². The lowest BCUT2D eigenvalue weighted by Gasteiger charge is -2.11. The minimum absolute atomic E-state index is 0.294. The van der Waals surface area contributed by atoms with E-state index in [9.17, 15) is 0 Å². The zero-order chi connectivity index (χ0) is 17.6. The molecule has 1 heterocycles. The number of hydrogen-bond acceptors (Lipinski definition) is 6. The standard InChI is InChI=1S/C16H31N5O3/c1-13(2)15-20-14(24-21-15)7-5-8-18-16(17-3)19-9-6-10-23-12-11-22-4/h13H,5-12H2,1-4H3,(H2,17,18,19). The summed E-state index contributed by atoms with van der Waals surface area (Å²) in [5.74, 6) is 2.54. The summed E-state index contributed by atoms with van der Waals surface area (Å²) in [7, 11) is 3.43. The largest absolute Gasteiger partial charge is 0.382 e. The van der Waals surface area contributed by atoms with Gasteiger partial charge in [-0.3, -0.25) is 4.99 Å². The summed E-state index contributed by atoms with van der Waals surface area (Å²) in [4.78, 5) is 8.55. The van der Waals surface area contributed by atoms with Gasteiger partial charge in [0.15, 0.2) is 11.8 Å². The van der Waals surface area contributed by atoms with Gasteiger partial charge in [-0.15, -0.1) is 0 Å². The molecule has 0 amide bonds. The Hall–Kier alpha value is -1.67. The lowest BCUT2D eigenvalue weighted by molar-refractivity contribution is 0.0698. The average Bonchev–Trinajstić information content (AvgIpc) is 3.05. The van der Waals surface area contributed by atoms with Crippen LogP contribution in [0.5, 0.6) is 0 Å². The monoisotopic (exact) mass is 341 g/mol. The molecule has 0 aromatic carbocycles. The number of ether oxygens (including phenoxy) is 2. The molecule has 8 nitrogen and oxygen atoms in total. The summed E-state index contributed by atoms with van der Waals surface area (Å²) >= 11 is 0. The second kappa shape index (κ2) is 12.7. The molecule has 138 valence electrons. The number of aromatic nitrogens is 2. The van der Waals surface area contributed by atoms with Crippen molar-refractivity contribution >= 4 is 5.96 Å². The SMILES string of the molecule is CN=C(NCCCOCCOC)NCCCc1nc(C(C)C)no1. The molecule has 0 spiro atoms. The number of guanidine groups is 1. The molecule has 0 aliphatic carbocycles. The Labute approximate surface area is 144 Å². The molecule has 0 saturated heterocycles. The van der Waals surface area contributed by atoms with Crippen molar-refractivity contribution in [1.82, 2.24) is 20.8 Å². The van der Waals surface area contributed by atoms with Crippen molar-refractivity contribution in [1.29, 1.82) is 0 Å². The molecule has 24 heavy (non-hydrogen) atoms. The number of nitrogens with zero attached hydrogens (tertiary/aromatic N) is 3. The molecule has 1 aromatic heterocycles. The van der Waals surface area contributed by atoms with E-state index in [1.54, 1.807) is 14.2 Å². The molecule has 0 unspecified atom stereocenters. The van der Waals surface area contributed by atoms with E-state index in [1.807, 2.05) is 0 Å². The quantitative estimate of drug-likeness (QED) is 0.337. The first-order valence-corrected chi connectivity index (χ1v) is 8.51. The van der Waals surface area contributed by atoms with Crippen molar-refractivity contribution < 1.29 is 14.0 Å². The molecule has 1 rings (SSSR count). The highest BCUT2D eigenvalue weighted by molar-refractivity contribution is 5.79. The number of aryl methyl sites for hydroxylation is 1. The highest BCUT2D eigenvalue weighted by Gasteiger charge is 2.09. The van der Waals surface area contributed by atoms with Crippen molar-refractivity contribution in [2.75, 3.05) is 47.1 Å². The normalized spacial score (nSPS) is 12.0. The Bertz CT molecular complexity index is 462. The third-order valence-corrected chi connectivity index (χ3v) is 3.27. The maximum Gasteiger partial charge on any atom is 0.226 e. The van der Waals surface area contributed by atoms with Crippen LogP contribution in [-0.4, -0.2) is 63.2 Å². The van der Waals surface area contributed by atoms with Gasteiger partial charge in [-0.05, 0) is 12.8 Å². The van der Waals surface area contributed by atoms with Crippen LogP contribution in [0.3, 0.4) is 0 Å². The van der Waals surface area contributed by atoms with Crippen LogP contribution in [0.15, 0.2) is 9.52 Å². The third-order valence-electron chi connectivity index (χ3n) is 3.27. The van der Waals surface area contributed by atoms with Crippen LogP contribution in [0.25, 0.3) is 0 Å². The molecule has 0 saturated carbocycles. The van der Waals surface area contributed by atoms with Crippen LogP contribution in [0.4, 0.5) is 0 Å². The maximum absolute atomic E-state index is 5.41. The first-order valence-electron chi connectivity index (χ1n) is 8.51. The van der Waals surface area contributed by atoms with Crippen molar-refractivity contribution in [3.8, 4) is 0 Å². The fourth-order valence-electron chi connectivity index (χ4n) is 1.90. The molecule has 0 aliphatic heterocycles. The Balaban J connectivity index is 2.07. The van der Waals surface area contributed by atoms with Crippen molar-refractivity contribution in [2.45, 2.75) is 39.0 Å². The second-order valence-electron chi connectivity index (χ2n) is 5.69. The Kier molecular flexibility index (Phi) is 10.8. The van der Waals surface area contributed by atoms with Gasteiger partial charge in [-0.1, -0.05) is 19.0 Å². The second-order valence-corrected chi connectivity index (χ2v) is 5.69. The Morgan fingerprint density at radius 3 is 2.54 bits per heavy atom. The van der Waals surface area contributed by atoms with E-state index < -0.39 is 0 Å². The van der Waals surface area contributed by atoms with Crippen LogP contribution in [0.2, 0.25) is 0 Å². The molecule has 0 aliphatic rings. The Morgan fingerprint density at radius 1 is 1.17 bits per heavy atom. The number of nitrogens with one attached hydrogen (secondary N) is 2. The van der Waals surface area contributed by atoms with Gasteiger partial charge >= 0.3 is 0 Å². The summed E-state index contributed by atoms with van der Waals surface area (Å²) in [6.45, 7) is 7.69. The first-order chi connectivity index (χ1) is 11.7. The van der Waals surface area contributed by atoms with E-state index >= 15 is 0 Å². The number of rotatable bonds is 12. The van der Waals surface area contributed by atoms with Gasteiger partial charge in [0.1, 0.15) is 0 Å². The number of hydrogen-bond donors (Lipinski definition) is 2. The van der Waals surface area contributed by atoms with Gasteiger partial charge in [0, 0.05) is 46.2 Å². The van der Waals surface area contributed by atoms with Gasteiger partial charge in [-0.25, -0.2) is 0 Å². The predicted molar refractivity (Wildman–Crippen MR) is 93.4 cm³/mol. The highest BCUT2D eigenvalue weighted by atomic mass is 16.5. The lowest BCUT2D eigenvalue weighted by Crippen LogP contribution is -2.38. The van der Waals surface area contributed by atoms with E-state index in [1.165, 1.54) is 0 Å². The van der Waals surface area contributed by atoms with Crippen LogP contribution in [-0.2, 0) is 15.9 Å².